The molecule has 0 saturated heterocycles. The third-order valence-electron chi connectivity index (χ3n) is 5.11. The van der Waals surface area contributed by atoms with Crippen molar-refractivity contribution in [2.45, 2.75) is 25.3 Å². The van der Waals surface area contributed by atoms with Crippen molar-refractivity contribution in [3.05, 3.63) is 77.1 Å². The molecule has 0 unspecified atom stereocenters. The number of carbonyl (C=O) groups excluding carboxylic acids is 1. The second kappa shape index (κ2) is 6.36. The van der Waals surface area contributed by atoms with Crippen LogP contribution in [0.2, 0.25) is 0 Å². The Balaban J connectivity index is 1.74. The summed E-state index contributed by atoms with van der Waals surface area (Å²) < 4.78 is 19.4. The van der Waals surface area contributed by atoms with E-state index in [1.54, 1.807) is 19.1 Å². The lowest BCUT2D eigenvalue weighted by Gasteiger charge is -2.37. The molecule has 1 heterocycles. The van der Waals surface area contributed by atoms with Gasteiger partial charge in [-0.05, 0) is 49.1 Å². The van der Waals surface area contributed by atoms with E-state index in [2.05, 4.69) is 17.5 Å². The Morgan fingerprint density at radius 1 is 1.24 bits per heavy atom. The molecule has 25 heavy (non-hydrogen) atoms. The zero-order valence-corrected chi connectivity index (χ0v) is 14.0. The van der Waals surface area contributed by atoms with Gasteiger partial charge < -0.3 is 10.1 Å². The first-order valence-electron chi connectivity index (χ1n) is 8.67. The number of ether oxygens (including phenoxy) is 1. The molecular weight excluding hydrogens is 317 g/mol. The third-order valence-corrected chi connectivity index (χ3v) is 5.11. The molecule has 1 aliphatic heterocycles. The molecule has 0 bridgehead atoms. The molecule has 2 aliphatic rings. The highest BCUT2D eigenvalue weighted by molar-refractivity contribution is 5.90. The lowest BCUT2D eigenvalue weighted by Crippen LogP contribution is -2.30. The van der Waals surface area contributed by atoms with Crippen LogP contribution >= 0.6 is 0 Å². The number of fused-ring (bicyclic) bond motifs is 3. The first kappa shape index (κ1) is 15.9. The number of rotatable bonds is 3. The SMILES string of the molecule is CCOC(=O)c1ccc2c(c1)[C@@H]1C=CC[C@@H]1[C@H](c1ccccc1F)N2. The second-order valence-corrected chi connectivity index (χ2v) is 6.52. The van der Waals surface area contributed by atoms with Crippen LogP contribution in [0, 0.1) is 11.7 Å². The fourth-order valence-electron chi connectivity index (χ4n) is 3.97. The average Bonchev–Trinajstić information content (AvgIpc) is 3.11. The summed E-state index contributed by atoms with van der Waals surface area (Å²) in [4.78, 5) is 12.0. The molecule has 0 saturated carbocycles. The van der Waals surface area contributed by atoms with Crippen LogP contribution in [-0.2, 0) is 4.74 Å². The van der Waals surface area contributed by atoms with Gasteiger partial charge in [0.1, 0.15) is 5.82 Å². The van der Waals surface area contributed by atoms with E-state index >= 15 is 0 Å². The molecular formula is C21H20FNO2. The Morgan fingerprint density at radius 2 is 2.08 bits per heavy atom. The number of benzene rings is 2. The fraction of sp³-hybridized carbons (Fsp3) is 0.286. The molecule has 0 radical (unpaired) electrons. The quantitative estimate of drug-likeness (QED) is 0.644. The first-order valence-corrected chi connectivity index (χ1v) is 8.67. The summed E-state index contributed by atoms with van der Waals surface area (Å²) in [7, 11) is 0. The number of carbonyl (C=O) groups is 1. The predicted octanol–water partition coefficient (Wildman–Crippen LogP) is 4.83. The molecule has 128 valence electrons. The standard InChI is InChI=1S/C21H20FNO2/c1-2-25-21(24)13-10-11-19-17(12-13)14-7-5-8-15(14)20(23-19)16-6-3-4-9-18(16)22/h3-7,9-12,14-15,20,23H,2,8H2,1H3/t14-,15+,20-/m1/s1. The molecule has 0 fully saturated rings. The maximum Gasteiger partial charge on any atom is 0.338 e. The van der Waals surface area contributed by atoms with Crippen molar-refractivity contribution >= 4 is 11.7 Å². The number of esters is 1. The van der Waals surface area contributed by atoms with Crippen LogP contribution in [-0.4, -0.2) is 12.6 Å². The van der Waals surface area contributed by atoms with Gasteiger partial charge in [0.15, 0.2) is 0 Å². The van der Waals surface area contributed by atoms with Crippen LogP contribution in [0.3, 0.4) is 0 Å². The van der Waals surface area contributed by atoms with Crippen LogP contribution < -0.4 is 5.32 Å². The van der Waals surface area contributed by atoms with Crippen LogP contribution in [0.15, 0.2) is 54.6 Å². The van der Waals surface area contributed by atoms with Gasteiger partial charge in [-0.3, -0.25) is 0 Å². The zero-order valence-electron chi connectivity index (χ0n) is 14.0. The van der Waals surface area contributed by atoms with Crippen molar-refractivity contribution in [3.8, 4) is 0 Å². The summed E-state index contributed by atoms with van der Waals surface area (Å²) in [6, 6.07) is 12.4. The van der Waals surface area contributed by atoms with Gasteiger partial charge in [-0.2, -0.15) is 0 Å². The summed E-state index contributed by atoms with van der Waals surface area (Å²) in [5, 5.41) is 3.49. The number of allylic oxidation sites excluding steroid dienone is 2. The second-order valence-electron chi connectivity index (χ2n) is 6.52. The number of hydrogen-bond donors (Lipinski definition) is 1. The van der Waals surface area contributed by atoms with Gasteiger partial charge in [-0.15, -0.1) is 0 Å². The minimum Gasteiger partial charge on any atom is -0.462 e. The predicted molar refractivity (Wildman–Crippen MR) is 95.2 cm³/mol. The monoisotopic (exact) mass is 337 g/mol. The topological polar surface area (TPSA) is 38.3 Å². The van der Waals surface area contributed by atoms with E-state index in [0.717, 1.165) is 17.7 Å². The van der Waals surface area contributed by atoms with Gasteiger partial charge in [0.2, 0.25) is 0 Å². The van der Waals surface area contributed by atoms with Gasteiger partial charge in [0.25, 0.3) is 0 Å². The van der Waals surface area contributed by atoms with Crippen molar-refractivity contribution in [1.82, 2.24) is 0 Å². The summed E-state index contributed by atoms with van der Waals surface area (Å²) in [5.41, 5.74) is 3.29. The van der Waals surface area contributed by atoms with Crippen LogP contribution in [0.5, 0.6) is 0 Å². The normalized spacial score (nSPS) is 23.5. The molecule has 2 aromatic carbocycles. The van der Waals surface area contributed by atoms with Gasteiger partial charge in [0.05, 0.1) is 18.2 Å². The Morgan fingerprint density at radius 3 is 2.88 bits per heavy atom. The largest absolute Gasteiger partial charge is 0.462 e. The number of hydrogen-bond acceptors (Lipinski definition) is 3. The van der Waals surface area contributed by atoms with Crippen LogP contribution in [0.1, 0.15) is 46.8 Å². The molecule has 1 aliphatic carbocycles. The highest BCUT2D eigenvalue weighted by Crippen LogP contribution is 2.50. The average molecular weight is 337 g/mol. The van der Waals surface area contributed by atoms with E-state index in [1.165, 1.54) is 6.07 Å². The van der Waals surface area contributed by atoms with Gasteiger partial charge in [-0.25, -0.2) is 9.18 Å². The van der Waals surface area contributed by atoms with Crippen molar-refractivity contribution in [1.29, 1.82) is 0 Å². The highest BCUT2D eigenvalue weighted by atomic mass is 19.1. The van der Waals surface area contributed by atoms with Crippen molar-refractivity contribution < 1.29 is 13.9 Å². The molecule has 0 amide bonds. The Kier molecular flexibility index (Phi) is 4.04. The maximum atomic E-state index is 14.3. The Bertz CT molecular complexity index is 846. The van der Waals surface area contributed by atoms with E-state index in [-0.39, 0.29) is 29.7 Å². The maximum absolute atomic E-state index is 14.3. The molecule has 4 rings (SSSR count). The number of anilines is 1. The minimum atomic E-state index is -0.306. The van der Waals surface area contributed by atoms with E-state index in [4.69, 9.17) is 4.74 Å². The summed E-state index contributed by atoms with van der Waals surface area (Å²) >= 11 is 0. The van der Waals surface area contributed by atoms with Crippen LogP contribution in [0.25, 0.3) is 0 Å². The smallest absolute Gasteiger partial charge is 0.338 e. The Hall–Kier alpha value is -2.62. The minimum absolute atomic E-state index is 0.0813. The van der Waals surface area contributed by atoms with Gasteiger partial charge in [0, 0.05) is 17.2 Å². The molecule has 0 spiro atoms. The van der Waals surface area contributed by atoms with Gasteiger partial charge >= 0.3 is 5.97 Å². The number of nitrogens with one attached hydrogen (secondary N) is 1. The Labute approximate surface area is 146 Å². The van der Waals surface area contributed by atoms with Crippen LogP contribution in [0.4, 0.5) is 10.1 Å². The van der Waals surface area contributed by atoms with E-state index in [1.807, 2.05) is 24.3 Å². The van der Waals surface area contributed by atoms with E-state index < -0.39 is 0 Å². The molecule has 1 N–H and O–H groups in total. The molecule has 2 aromatic rings. The summed E-state index contributed by atoms with van der Waals surface area (Å²) in [6.07, 6.45) is 5.21. The third kappa shape index (κ3) is 2.72. The summed E-state index contributed by atoms with van der Waals surface area (Å²) in [6.45, 7) is 2.15. The highest BCUT2D eigenvalue weighted by Gasteiger charge is 2.39. The first-order chi connectivity index (χ1) is 12.2. The number of halogens is 1. The lowest BCUT2D eigenvalue weighted by molar-refractivity contribution is 0.0526. The fourth-order valence-corrected chi connectivity index (χ4v) is 3.97. The van der Waals surface area contributed by atoms with Gasteiger partial charge in [-0.1, -0.05) is 30.4 Å². The van der Waals surface area contributed by atoms with E-state index in [0.29, 0.717) is 17.7 Å². The van der Waals surface area contributed by atoms with Crippen molar-refractivity contribution in [2.24, 2.45) is 5.92 Å². The molecule has 4 heteroatoms. The molecule has 3 nitrogen and oxygen atoms in total. The lowest BCUT2D eigenvalue weighted by atomic mass is 9.76. The zero-order chi connectivity index (χ0) is 17.4. The van der Waals surface area contributed by atoms with E-state index in [9.17, 15) is 9.18 Å². The van der Waals surface area contributed by atoms with Crippen molar-refractivity contribution in [3.63, 3.8) is 0 Å². The van der Waals surface area contributed by atoms with Crippen molar-refractivity contribution in [2.75, 3.05) is 11.9 Å². The summed E-state index contributed by atoms with van der Waals surface area (Å²) in [5.74, 6) is -0.0747. The molecule has 0 aromatic heterocycles. The molecule has 3 atom stereocenters.